The van der Waals surface area contributed by atoms with Gasteiger partial charge in [0.2, 0.25) is 0 Å². The lowest BCUT2D eigenvalue weighted by Gasteiger charge is -2.42. The Hall–Kier alpha value is -2.33. The van der Waals surface area contributed by atoms with Crippen LogP contribution in [0.15, 0.2) is 54.6 Å². The number of carbonyl (C=O) groups excluding carboxylic acids is 1. The summed E-state index contributed by atoms with van der Waals surface area (Å²) in [7, 11) is 0. The van der Waals surface area contributed by atoms with Gasteiger partial charge in [0.1, 0.15) is 0 Å². The third-order valence-corrected chi connectivity index (χ3v) is 5.79. The Morgan fingerprint density at radius 2 is 1.69 bits per heavy atom. The van der Waals surface area contributed by atoms with Crippen LogP contribution in [-0.4, -0.2) is 38.8 Å². The van der Waals surface area contributed by atoms with Gasteiger partial charge in [0.25, 0.3) is 5.91 Å². The van der Waals surface area contributed by atoms with Crippen LogP contribution in [0.3, 0.4) is 0 Å². The number of hydrogen-bond acceptors (Lipinski definition) is 3. The van der Waals surface area contributed by atoms with Crippen LogP contribution in [0.25, 0.3) is 0 Å². The number of anilines is 1. The average Bonchev–Trinajstić information content (AvgIpc) is 2.69. The van der Waals surface area contributed by atoms with E-state index in [2.05, 4.69) is 34.5 Å². The Morgan fingerprint density at radius 3 is 2.31 bits per heavy atom. The highest BCUT2D eigenvalue weighted by Crippen LogP contribution is 2.43. The molecule has 0 atom stereocenters. The van der Waals surface area contributed by atoms with Gasteiger partial charge in [-0.25, -0.2) is 0 Å². The Kier molecular flexibility index (Phi) is 4.93. The summed E-state index contributed by atoms with van der Waals surface area (Å²) >= 11 is 0. The molecule has 1 amide bonds. The molecule has 0 bridgehead atoms. The summed E-state index contributed by atoms with van der Waals surface area (Å²) in [6, 6.07) is 18.5. The number of benzene rings is 2. The van der Waals surface area contributed by atoms with Gasteiger partial charge in [-0.2, -0.15) is 0 Å². The van der Waals surface area contributed by atoms with Crippen LogP contribution in [0.4, 0.5) is 5.69 Å². The van der Waals surface area contributed by atoms with Crippen LogP contribution < -0.4 is 10.2 Å². The van der Waals surface area contributed by atoms with Gasteiger partial charge in [-0.3, -0.25) is 4.79 Å². The number of amides is 1. The minimum absolute atomic E-state index is 0.0146. The predicted molar refractivity (Wildman–Crippen MR) is 104 cm³/mol. The molecule has 26 heavy (non-hydrogen) atoms. The first-order valence-corrected chi connectivity index (χ1v) is 9.53. The molecule has 1 aliphatic heterocycles. The first-order chi connectivity index (χ1) is 12.8. The summed E-state index contributed by atoms with van der Waals surface area (Å²) in [5.41, 5.74) is 3.34. The molecule has 0 aromatic heterocycles. The maximum atomic E-state index is 12.6. The van der Waals surface area contributed by atoms with Gasteiger partial charge in [-0.15, -0.1) is 0 Å². The highest BCUT2D eigenvalue weighted by Gasteiger charge is 2.38. The summed E-state index contributed by atoms with van der Waals surface area (Å²) in [4.78, 5) is 14.9. The van der Waals surface area contributed by atoms with Gasteiger partial charge in [-0.05, 0) is 42.7 Å². The van der Waals surface area contributed by atoms with Gasteiger partial charge in [-0.1, -0.05) is 36.8 Å². The highest BCUT2D eigenvalue weighted by molar-refractivity contribution is 5.94. The van der Waals surface area contributed by atoms with Crippen LogP contribution in [0.5, 0.6) is 0 Å². The average molecular weight is 350 g/mol. The molecule has 136 valence electrons. The van der Waals surface area contributed by atoms with Crippen LogP contribution in [-0.2, 0) is 10.2 Å². The first kappa shape index (κ1) is 17.1. The molecule has 0 unspecified atom stereocenters. The lowest BCUT2D eigenvalue weighted by atomic mass is 9.64. The lowest BCUT2D eigenvalue weighted by Crippen LogP contribution is -2.45. The van der Waals surface area contributed by atoms with Crippen molar-refractivity contribution < 1.29 is 9.53 Å². The van der Waals surface area contributed by atoms with Crippen molar-refractivity contribution in [3.8, 4) is 0 Å². The normalized spacial score (nSPS) is 18.8. The Bertz CT molecular complexity index is 732. The van der Waals surface area contributed by atoms with Crippen molar-refractivity contribution in [3.63, 3.8) is 0 Å². The fraction of sp³-hybridized carbons (Fsp3) is 0.409. The lowest BCUT2D eigenvalue weighted by molar-refractivity contribution is 0.0928. The number of carbonyl (C=O) groups is 1. The zero-order valence-electron chi connectivity index (χ0n) is 15.1. The molecule has 1 saturated carbocycles. The summed E-state index contributed by atoms with van der Waals surface area (Å²) in [6.07, 6.45) is 3.53. The molecule has 1 heterocycles. The SMILES string of the molecule is O=C(NCC1(c2ccccc2)CCC1)c1ccc(N2CCOCC2)cc1. The third-order valence-electron chi connectivity index (χ3n) is 5.79. The molecule has 0 spiro atoms. The predicted octanol–water partition coefficient (Wildman–Crippen LogP) is 3.37. The van der Waals surface area contributed by atoms with E-state index in [0.717, 1.165) is 50.4 Å². The second-order valence-corrected chi connectivity index (χ2v) is 7.33. The van der Waals surface area contributed by atoms with E-state index in [1.165, 1.54) is 12.0 Å². The van der Waals surface area contributed by atoms with Crippen LogP contribution in [0.2, 0.25) is 0 Å². The maximum Gasteiger partial charge on any atom is 0.251 e. The molecule has 2 aliphatic rings. The Labute approximate surface area is 155 Å². The van der Waals surface area contributed by atoms with Crippen LogP contribution >= 0.6 is 0 Å². The van der Waals surface area contributed by atoms with Crippen LogP contribution in [0.1, 0.15) is 35.2 Å². The van der Waals surface area contributed by atoms with Crippen molar-refractivity contribution in [2.24, 2.45) is 0 Å². The summed E-state index contributed by atoms with van der Waals surface area (Å²) in [5.74, 6) is 0.0146. The van der Waals surface area contributed by atoms with Gasteiger partial charge in [0, 0.05) is 36.3 Å². The Morgan fingerprint density at radius 1 is 1.00 bits per heavy atom. The van der Waals surface area contributed by atoms with Gasteiger partial charge in [0.05, 0.1) is 13.2 Å². The highest BCUT2D eigenvalue weighted by atomic mass is 16.5. The van der Waals surface area contributed by atoms with Gasteiger partial charge < -0.3 is 15.0 Å². The fourth-order valence-corrected chi connectivity index (χ4v) is 3.96. The molecule has 1 N–H and O–H groups in total. The number of nitrogens with zero attached hydrogens (tertiary/aromatic N) is 1. The van der Waals surface area contributed by atoms with E-state index in [0.29, 0.717) is 6.54 Å². The van der Waals surface area contributed by atoms with Crippen molar-refractivity contribution >= 4 is 11.6 Å². The monoisotopic (exact) mass is 350 g/mol. The van der Waals surface area contributed by atoms with E-state index in [1.54, 1.807) is 0 Å². The van der Waals surface area contributed by atoms with E-state index in [1.807, 2.05) is 30.3 Å². The van der Waals surface area contributed by atoms with Crippen LogP contribution in [0, 0.1) is 0 Å². The number of hydrogen-bond donors (Lipinski definition) is 1. The standard InChI is InChI=1S/C22H26N2O2/c25-21(18-7-9-20(10-8-18)24-13-15-26-16-14-24)23-17-22(11-4-12-22)19-5-2-1-3-6-19/h1-3,5-10H,4,11-17H2,(H,23,25). The Balaban J connectivity index is 1.39. The van der Waals surface area contributed by atoms with Gasteiger partial charge >= 0.3 is 0 Å². The smallest absolute Gasteiger partial charge is 0.251 e. The minimum Gasteiger partial charge on any atom is -0.378 e. The quantitative estimate of drug-likeness (QED) is 0.899. The molecule has 4 rings (SSSR count). The molecule has 1 saturated heterocycles. The number of nitrogens with one attached hydrogen (secondary N) is 1. The third kappa shape index (κ3) is 3.47. The first-order valence-electron chi connectivity index (χ1n) is 9.53. The molecule has 4 heteroatoms. The number of morpholine rings is 1. The van der Waals surface area contributed by atoms with E-state index in [-0.39, 0.29) is 11.3 Å². The second kappa shape index (κ2) is 7.50. The topological polar surface area (TPSA) is 41.6 Å². The van der Waals surface area contributed by atoms with Crippen molar-refractivity contribution in [3.05, 3.63) is 65.7 Å². The largest absolute Gasteiger partial charge is 0.378 e. The van der Waals surface area contributed by atoms with E-state index in [9.17, 15) is 4.79 Å². The van der Waals surface area contributed by atoms with E-state index in [4.69, 9.17) is 4.74 Å². The molecule has 0 radical (unpaired) electrons. The molecule has 1 aliphatic carbocycles. The maximum absolute atomic E-state index is 12.6. The fourth-order valence-electron chi connectivity index (χ4n) is 3.96. The zero-order valence-corrected chi connectivity index (χ0v) is 15.1. The van der Waals surface area contributed by atoms with E-state index < -0.39 is 0 Å². The molecule has 2 aromatic carbocycles. The van der Waals surface area contributed by atoms with Crippen molar-refractivity contribution in [1.82, 2.24) is 5.32 Å². The minimum atomic E-state index is 0.0146. The zero-order chi connectivity index (χ0) is 17.8. The molecule has 2 fully saturated rings. The molecular formula is C22H26N2O2. The van der Waals surface area contributed by atoms with Crippen molar-refractivity contribution in [2.75, 3.05) is 37.7 Å². The second-order valence-electron chi connectivity index (χ2n) is 7.33. The molecule has 2 aromatic rings. The molecule has 4 nitrogen and oxygen atoms in total. The summed E-state index contributed by atoms with van der Waals surface area (Å²) in [5, 5.41) is 3.17. The molecular weight excluding hydrogens is 324 g/mol. The number of rotatable bonds is 5. The van der Waals surface area contributed by atoms with Crippen molar-refractivity contribution in [1.29, 1.82) is 0 Å². The summed E-state index contributed by atoms with van der Waals surface area (Å²) in [6.45, 7) is 4.06. The van der Waals surface area contributed by atoms with Crippen molar-refractivity contribution in [2.45, 2.75) is 24.7 Å². The number of ether oxygens (including phenoxy) is 1. The van der Waals surface area contributed by atoms with E-state index >= 15 is 0 Å². The van der Waals surface area contributed by atoms with Gasteiger partial charge in [0.15, 0.2) is 0 Å². The summed E-state index contributed by atoms with van der Waals surface area (Å²) < 4.78 is 5.39.